The van der Waals surface area contributed by atoms with Crippen LogP contribution in [0, 0.1) is 0 Å². The van der Waals surface area contributed by atoms with Crippen molar-refractivity contribution in [1.29, 1.82) is 0 Å². The normalized spacial score (nSPS) is 12.9. The maximum Gasteiger partial charge on any atom is 0.0453 e. The van der Waals surface area contributed by atoms with Gasteiger partial charge in [-0.25, -0.2) is 0 Å². The second-order valence-corrected chi connectivity index (χ2v) is 6.11. The van der Waals surface area contributed by atoms with Crippen molar-refractivity contribution in [2.45, 2.75) is 19.4 Å². The highest BCUT2D eigenvalue weighted by atomic mass is 35.5. The number of nitrogens with zero attached hydrogens (tertiary/aromatic N) is 1. The predicted octanol–water partition coefficient (Wildman–Crippen LogP) is 3.68. The van der Waals surface area contributed by atoms with E-state index in [1.807, 2.05) is 23.9 Å². The second-order valence-electron chi connectivity index (χ2n) is 4.72. The molecule has 19 heavy (non-hydrogen) atoms. The van der Waals surface area contributed by atoms with Crippen LogP contribution in [0.1, 0.15) is 24.9 Å². The fourth-order valence-electron chi connectivity index (χ4n) is 2.08. The summed E-state index contributed by atoms with van der Waals surface area (Å²) in [5.41, 5.74) is 1.21. The first-order chi connectivity index (χ1) is 9.19. The van der Waals surface area contributed by atoms with Gasteiger partial charge in [-0.3, -0.25) is 0 Å². The highest BCUT2D eigenvalue weighted by molar-refractivity contribution is 7.98. The number of hydrogen-bond donors (Lipinski definition) is 1. The third-order valence-corrected chi connectivity index (χ3v) is 4.14. The Hall–Kier alpha value is -0.220. The van der Waals surface area contributed by atoms with Crippen molar-refractivity contribution in [2.24, 2.45) is 0 Å². The van der Waals surface area contributed by atoms with Crippen LogP contribution in [-0.2, 0) is 0 Å². The van der Waals surface area contributed by atoms with E-state index in [0.29, 0.717) is 6.04 Å². The number of halogens is 1. The number of hydrogen-bond acceptors (Lipinski definition) is 3. The van der Waals surface area contributed by atoms with E-state index in [4.69, 9.17) is 11.6 Å². The molecule has 0 aliphatic rings. The van der Waals surface area contributed by atoms with Crippen LogP contribution in [0.25, 0.3) is 0 Å². The summed E-state index contributed by atoms with van der Waals surface area (Å²) in [7, 11) is 2.19. The quantitative estimate of drug-likeness (QED) is 0.749. The van der Waals surface area contributed by atoms with E-state index >= 15 is 0 Å². The van der Waals surface area contributed by atoms with Crippen molar-refractivity contribution in [3.05, 3.63) is 34.9 Å². The van der Waals surface area contributed by atoms with Gasteiger partial charge in [-0.15, -0.1) is 0 Å². The monoisotopic (exact) mass is 300 g/mol. The van der Waals surface area contributed by atoms with Gasteiger partial charge in [0.1, 0.15) is 0 Å². The van der Waals surface area contributed by atoms with Crippen LogP contribution in [0.15, 0.2) is 24.3 Å². The first kappa shape index (κ1) is 16.8. The number of thioether (sulfide) groups is 1. The van der Waals surface area contributed by atoms with E-state index in [1.54, 1.807) is 0 Å². The Morgan fingerprint density at radius 2 is 2.05 bits per heavy atom. The third kappa shape index (κ3) is 6.17. The summed E-state index contributed by atoms with van der Waals surface area (Å²) in [6.07, 6.45) is 3.24. The molecular formula is C15H25ClN2S. The fraction of sp³-hybridized carbons (Fsp3) is 0.600. The van der Waals surface area contributed by atoms with E-state index in [9.17, 15) is 0 Å². The fourth-order valence-corrected chi connectivity index (χ4v) is 2.84. The maximum atomic E-state index is 6.30. The minimum absolute atomic E-state index is 0.343. The van der Waals surface area contributed by atoms with Crippen molar-refractivity contribution in [2.75, 3.05) is 38.7 Å². The van der Waals surface area contributed by atoms with Gasteiger partial charge in [0.15, 0.2) is 0 Å². The summed E-state index contributed by atoms with van der Waals surface area (Å²) in [4.78, 5) is 2.39. The Labute approximate surface area is 126 Å². The zero-order valence-electron chi connectivity index (χ0n) is 12.2. The molecule has 1 N–H and O–H groups in total. The van der Waals surface area contributed by atoms with Gasteiger partial charge >= 0.3 is 0 Å². The molecule has 1 rings (SSSR count). The molecule has 0 aromatic heterocycles. The summed E-state index contributed by atoms with van der Waals surface area (Å²) in [6, 6.07) is 8.48. The van der Waals surface area contributed by atoms with Gasteiger partial charge in [0.25, 0.3) is 0 Å². The standard InChI is InChI=1S/C15H25ClN2S/c1-4-17-15(9-10-18(2)11-12-19-3)13-7-5-6-8-14(13)16/h5-8,15,17H,4,9-12H2,1-3H3. The third-order valence-electron chi connectivity index (χ3n) is 3.21. The Balaban J connectivity index is 2.56. The van der Waals surface area contributed by atoms with Gasteiger partial charge < -0.3 is 10.2 Å². The lowest BCUT2D eigenvalue weighted by Crippen LogP contribution is -2.28. The Kier molecular flexibility index (Phi) is 8.55. The minimum Gasteiger partial charge on any atom is -0.310 e. The van der Waals surface area contributed by atoms with Crippen molar-refractivity contribution in [3.63, 3.8) is 0 Å². The molecule has 1 atom stereocenters. The highest BCUT2D eigenvalue weighted by Gasteiger charge is 2.13. The molecule has 0 bridgehead atoms. The Bertz CT molecular complexity index is 360. The second kappa shape index (κ2) is 9.65. The molecule has 0 heterocycles. The average Bonchev–Trinajstić information content (AvgIpc) is 2.42. The van der Waals surface area contributed by atoms with Crippen LogP contribution in [0.5, 0.6) is 0 Å². The van der Waals surface area contributed by atoms with Crippen LogP contribution in [0.4, 0.5) is 0 Å². The molecule has 0 amide bonds. The van der Waals surface area contributed by atoms with Crippen LogP contribution < -0.4 is 5.32 Å². The molecule has 4 heteroatoms. The molecule has 0 radical (unpaired) electrons. The Morgan fingerprint density at radius 3 is 2.68 bits per heavy atom. The first-order valence-corrected chi connectivity index (χ1v) is 8.61. The molecule has 1 aromatic carbocycles. The average molecular weight is 301 g/mol. The highest BCUT2D eigenvalue weighted by Crippen LogP contribution is 2.25. The van der Waals surface area contributed by atoms with Gasteiger partial charge in [-0.05, 0) is 44.4 Å². The van der Waals surface area contributed by atoms with Gasteiger partial charge in [0, 0.05) is 23.4 Å². The molecule has 0 saturated heterocycles. The van der Waals surface area contributed by atoms with Crippen molar-refractivity contribution in [3.8, 4) is 0 Å². The first-order valence-electron chi connectivity index (χ1n) is 6.84. The summed E-state index contributed by atoms with van der Waals surface area (Å²) < 4.78 is 0. The van der Waals surface area contributed by atoms with Crippen LogP contribution in [-0.4, -0.2) is 43.6 Å². The zero-order chi connectivity index (χ0) is 14.1. The van der Waals surface area contributed by atoms with E-state index < -0.39 is 0 Å². The van der Waals surface area contributed by atoms with Crippen LogP contribution in [0.2, 0.25) is 5.02 Å². The van der Waals surface area contributed by atoms with E-state index in [0.717, 1.165) is 31.1 Å². The predicted molar refractivity (Wildman–Crippen MR) is 88.4 cm³/mol. The smallest absolute Gasteiger partial charge is 0.0453 e. The molecule has 0 spiro atoms. The van der Waals surface area contributed by atoms with Gasteiger partial charge in [0.05, 0.1) is 0 Å². The van der Waals surface area contributed by atoms with Crippen molar-refractivity contribution >= 4 is 23.4 Å². The number of rotatable bonds is 9. The molecule has 1 aromatic rings. The van der Waals surface area contributed by atoms with Crippen molar-refractivity contribution < 1.29 is 0 Å². The lowest BCUT2D eigenvalue weighted by atomic mass is 10.0. The largest absolute Gasteiger partial charge is 0.310 e. The maximum absolute atomic E-state index is 6.30. The number of nitrogens with one attached hydrogen (secondary N) is 1. The van der Waals surface area contributed by atoms with Crippen LogP contribution in [0.3, 0.4) is 0 Å². The van der Waals surface area contributed by atoms with E-state index in [1.165, 1.54) is 11.3 Å². The summed E-state index contributed by atoms with van der Waals surface area (Å²) in [6.45, 7) is 5.33. The van der Waals surface area contributed by atoms with Gasteiger partial charge in [-0.1, -0.05) is 36.7 Å². The van der Waals surface area contributed by atoms with Gasteiger partial charge in [0.2, 0.25) is 0 Å². The molecule has 2 nitrogen and oxygen atoms in total. The number of benzene rings is 1. The van der Waals surface area contributed by atoms with Crippen molar-refractivity contribution in [1.82, 2.24) is 10.2 Å². The molecule has 0 aliphatic carbocycles. The molecule has 0 saturated carbocycles. The molecule has 1 unspecified atom stereocenters. The summed E-state index contributed by atoms with van der Waals surface area (Å²) in [5.74, 6) is 1.19. The minimum atomic E-state index is 0.343. The molecular weight excluding hydrogens is 276 g/mol. The van der Waals surface area contributed by atoms with E-state index in [-0.39, 0.29) is 0 Å². The SMILES string of the molecule is CCNC(CCN(C)CCSC)c1ccccc1Cl. The summed E-state index contributed by atoms with van der Waals surface area (Å²) in [5, 5.41) is 4.40. The lowest BCUT2D eigenvalue weighted by Gasteiger charge is -2.23. The van der Waals surface area contributed by atoms with Crippen LogP contribution >= 0.6 is 23.4 Å². The molecule has 0 fully saturated rings. The zero-order valence-corrected chi connectivity index (χ0v) is 13.7. The molecule has 108 valence electrons. The van der Waals surface area contributed by atoms with Gasteiger partial charge in [-0.2, -0.15) is 11.8 Å². The topological polar surface area (TPSA) is 15.3 Å². The lowest BCUT2D eigenvalue weighted by molar-refractivity contribution is 0.325. The molecule has 0 aliphatic heterocycles. The Morgan fingerprint density at radius 1 is 1.32 bits per heavy atom. The van der Waals surface area contributed by atoms with E-state index in [2.05, 4.69) is 42.6 Å². The summed E-state index contributed by atoms with van der Waals surface area (Å²) >= 11 is 8.19.